The quantitative estimate of drug-likeness (QED) is 0.436. The summed E-state index contributed by atoms with van der Waals surface area (Å²) in [7, 11) is -0.502. The lowest BCUT2D eigenvalue weighted by molar-refractivity contribution is -0.149. The number of aromatic nitrogens is 4. The van der Waals surface area contributed by atoms with Crippen LogP contribution >= 0.6 is 7.75 Å². The maximum atomic E-state index is 16.2. The molecule has 13 nitrogen and oxygen atoms in total. The first-order valence-corrected chi connectivity index (χ1v) is 12.3. The van der Waals surface area contributed by atoms with E-state index in [0.717, 1.165) is 0 Å². The van der Waals surface area contributed by atoms with Gasteiger partial charge in [0.1, 0.15) is 18.2 Å². The van der Waals surface area contributed by atoms with Gasteiger partial charge in [-0.25, -0.2) is 19.0 Å². The summed E-state index contributed by atoms with van der Waals surface area (Å²) < 4.78 is 52.7. The van der Waals surface area contributed by atoms with Crippen molar-refractivity contribution < 1.29 is 32.3 Å². The first kappa shape index (κ1) is 24.7. The summed E-state index contributed by atoms with van der Waals surface area (Å²) in [6.07, 6.45) is -2.33. The van der Waals surface area contributed by atoms with Crippen molar-refractivity contribution in [2.45, 2.75) is 63.9 Å². The number of carbonyl (C=O) groups is 1. The van der Waals surface area contributed by atoms with E-state index in [1.807, 2.05) is 0 Å². The molecule has 0 aliphatic carbocycles. The largest absolute Gasteiger partial charge is 0.462 e. The number of rotatable bonds is 6. The molecule has 0 radical (unpaired) electrons. The van der Waals surface area contributed by atoms with Crippen LogP contribution in [0, 0.1) is 0 Å². The summed E-state index contributed by atoms with van der Waals surface area (Å²) in [5.74, 6) is -0.181. The van der Waals surface area contributed by atoms with E-state index in [4.69, 9.17) is 24.3 Å². The van der Waals surface area contributed by atoms with Crippen molar-refractivity contribution in [3.63, 3.8) is 0 Å². The highest BCUT2D eigenvalue weighted by atomic mass is 31.2. The SMILES string of the molecule is CC(C)OC(=O)[C@H](C)N[P@]1(=O)OCC2OC(n3cnc4c(N(C)C)nc(N)nc43)[C@](C)(F)[C@@H]2O1. The zero-order valence-corrected chi connectivity index (χ0v) is 20.7. The number of nitrogen functional groups attached to an aromatic ring is 1. The van der Waals surface area contributed by atoms with E-state index in [-0.39, 0.29) is 24.3 Å². The average molecular weight is 501 g/mol. The second-order valence-corrected chi connectivity index (χ2v) is 10.7. The monoisotopic (exact) mass is 501 g/mol. The smallest absolute Gasteiger partial charge is 0.406 e. The van der Waals surface area contributed by atoms with Gasteiger partial charge in [0.15, 0.2) is 28.9 Å². The zero-order valence-electron chi connectivity index (χ0n) is 19.8. The summed E-state index contributed by atoms with van der Waals surface area (Å²) in [5, 5.41) is 2.51. The van der Waals surface area contributed by atoms with Crippen LogP contribution in [-0.2, 0) is 27.9 Å². The fourth-order valence-electron chi connectivity index (χ4n) is 3.95. The summed E-state index contributed by atoms with van der Waals surface area (Å²) >= 11 is 0. The van der Waals surface area contributed by atoms with E-state index in [0.29, 0.717) is 11.3 Å². The van der Waals surface area contributed by atoms with Gasteiger partial charge >= 0.3 is 13.7 Å². The number of alkyl halides is 1. The predicted molar refractivity (Wildman–Crippen MR) is 120 cm³/mol. The summed E-state index contributed by atoms with van der Waals surface area (Å²) in [4.78, 5) is 26.5. The highest BCUT2D eigenvalue weighted by molar-refractivity contribution is 7.51. The van der Waals surface area contributed by atoms with Crippen LogP contribution in [-0.4, -0.2) is 76.2 Å². The molecule has 0 bridgehead atoms. The Morgan fingerprint density at radius 3 is 2.76 bits per heavy atom. The number of nitrogens with one attached hydrogen (secondary N) is 1. The van der Waals surface area contributed by atoms with Crippen molar-refractivity contribution in [2.75, 3.05) is 31.3 Å². The summed E-state index contributed by atoms with van der Waals surface area (Å²) in [6, 6.07) is -1.00. The van der Waals surface area contributed by atoms with Gasteiger partial charge in [-0.1, -0.05) is 0 Å². The Hall–Kier alpha value is -2.38. The highest BCUT2D eigenvalue weighted by Crippen LogP contribution is 2.57. The number of nitrogens with two attached hydrogens (primary N) is 1. The van der Waals surface area contributed by atoms with Gasteiger partial charge in [0, 0.05) is 14.1 Å². The van der Waals surface area contributed by atoms with Crippen molar-refractivity contribution in [3.8, 4) is 0 Å². The fraction of sp³-hybridized carbons (Fsp3) is 0.684. The van der Waals surface area contributed by atoms with Gasteiger partial charge in [0.05, 0.1) is 19.0 Å². The number of esters is 1. The Balaban J connectivity index is 1.60. The Labute approximate surface area is 195 Å². The minimum atomic E-state index is -4.04. The first-order valence-electron chi connectivity index (χ1n) is 10.8. The lowest BCUT2D eigenvalue weighted by Gasteiger charge is -2.35. The number of fused-ring (bicyclic) bond motifs is 2. The lowest BCUT2D eigenvalue weighted by atomic mass is 9.98. The average Bonchev–Trinajstić information content (AvgIpc) is 3.24. The Kier molecular flexibility index (Phi) is 6.32. The van der Waals surface area contributed by atoms with Gasteiger partial charge < -0.3 is 20.1 Å². The van der Waals surface area contributed by atoms with Crippen molar-refractivity contribution in [3.05, 3.63) is 6.33 Å². The van der Waals surface area contributed by atoms with Crippen molar-refractivity contribution in [1.82, 2.24) is 24.6 Å². The molecule has 15 heteroatoms. The van der Waals surface area contributed by atoms with Crippen LogP contribution in [0.4, 0.5) is 16.2 Å². The molecule has 0 spiro atoms. The van der Waals surface area contributed by atoms with E-state index < -0.39 is 43.9 Å². The van der Waals surface area contributed by atoms with Crippen LogP contribution in [0.2, 0.25) is 0 Å². The summed E-state index contributed by atoms with van der Waals surface area (Å²) in [5.41, 5.74) is 4.38. The predicted octanol–water partition coefficient (Wildman–Crippen LogP) is 1.55. The topological polar surface area (TPSA) is 156 Å². The van der Waals surface area contributed by atoms with E-state index in [2.05, 4.69) is 20.0 Å². The second kappa shape index (κ2) is 8.68. The van der Waals surface area contributed by atoms with E-state index in [9.17, 15) is 9.36 Å². The maximum absolute atomic E-state index is 16.2. The molecule has 4 heterocycles. The molecule has 3 N–H and O–H groups in total. The molecule has 0 amide bonds. The Bertz CT molecular complexity index is 1140. The molecule has 2 unspecified atom stereocenters. The zero-order chi connectivity index (χ0) is 25.0. The van der Waals surface area contributed by atoms with Crippen molar-refractivity contribution in [2.24, 2.45) is 0 Å². The van der Waals surface area contributed by atoms with Crippen LogP contribution < -0.4 is 15.7 Å². The van der Waals surface area contributed by atoms with Crippen molar-refractivity contribution in [1.29, 1.82) is 0 Å². The molecule has 34 heavy (non-hydrogen) atoms. The molecule has 2 fully saturated rings. The Morgan fingerprint density at radius 2 is 2.12 bits per heavy atom. The standard InChI is InChI=1S/C19H29FN7O6P/c1-9(2)31-16(28)10(3)25-34(29)30-7-11-13(33-34)19(4,20)17(32-11)27-8-22-12-14(26(5)6)23-18(21)24-15(12)27/h8-11,13,17H,7H2,1-6H3,(H,25,29)(H2,21,23,24)/t10-,11?,13+,17?,19+,34-/m0/s1. The number of hydrogen-bond acceptors (Lipinski definition) is 11. The number of halogens is 1. The number of hydrogen-bond donors (Lipinski definition) is 2. The second-order valence-electron chi connectivity index (χ2n) is 8.96. The Morgan fingerprint density at radius 1 is 1.41 bits per heavy atom. The third-order valence-corrected chi connectivity index (χ3v) is 7.19. The maximum Gasteiger partial charge on any atom is 0.406 e. The van der Waals surface area contributed by atoms with Crippen molar-refractivity contribution >= 4 is 36.6 Å². The molecule has 2 aliphatic heterocycles. The van der Waals surface area contributed by atoms with Crippen LogP contribution in [0.5, 0.6) is 0 Å². The molecular weight excluding hydrogens is 472 g/mol. The van der Waals surface area contributed by atoms with Crippen LogP contribution in [0.1, 0.15) is 33.9 Å². The van der Waals surface area contributed by atoms with Gasteiger partial charge in [-0.2, -0.15) is 9.97 Å². The molecular formula is C19H29FN7O6P. The minimum Gasteiger partial charge on any atom is -0.462 e. The normalized spacial score (nSPS) is 32.1. The van der Waals surface area contributed by atoms with E-state index in [1.54, 1.807) is 32.8 Å². The van der Waals surface area contributed by atoms with Gasteiger partial charge in [-0.15, -0.1) is 0 Å². The van der Waals surface area contributed by atoms with Gasteiger partial charge in [0.2, 0.25) is 5.95 Å². The van der Waals surface area contributed by atoms with Crippen LogP contribution in [0.3, 0.4) is 0 Å². The third kappa shape index (κ3) is 4.36. The molecule has 2 saturated heterocycles. The fourth-order valence-corrected chi connectivity index (χ4v) is 5.71. The molecule has 2 aliphatic rings. The highest BCUT2D eigenvalue weighted by Gasteiger charge is 2.61. The number of carbonyl (C=O) groups excluding carboxylic acids is 1. The van der Waals surface area contributed by atoms with Gasteiger partial charge in [-0.3, -0.25) is 18.4 Å². The first-order chi connectivity index (χ1) is 15.8. The van der Waals surface area contributed by atoms with Gasteiger partial charge in [-0.05, 0) is 27.7 Å². The molecule has 0 aromatic carbocycles. The minimum absolute atomic E-state index is 0.00974. The molecule has 6 atom stereocenters. The number of ether oxygens (including phenoxy) is 2. The summed E-state index contributed by atoms with van der Waals surface area (Å²) in [6.45, 7) is 5.89. The van der Waals surface area contributed by atoms with Gasteiger partial charge in [0.25, 0.3) is 0 Å². The molecule has 4 rings (SSSR count). The number of nitrogens with zero attached hydrogens (tertiary/aromatic N) is 5. The molecule has 2 aromatic rings. The molecule has 188 valence electrons. The number of anilines is 2. The molecule has 2 aromatic heterocycles. The third-order valence-electron chi connectivity index (χ3n) is 5.50. The van der Waals surface area contributed by atoms with Crippen LogP contribution in [0.15, 0.2) is 6.33 Å². The van der Waals surface area contributed by atoms with Crippen LogP contribution in [0.25, 0.3) is 11.2 Å². The van der Waals surface area contributed by atoms with E-state index in [1.165, 1.54) is 24.7 Å². The molecule has 0 saturated carbocycles. The van der Waals surface area contributed by atoms with E-state index >= 15 is 4.39 Å². The number of imidazole rings is 1. The lowest BCUT2D eigenvalue weighted by Crippen LogP contribution is -2.47.